The first-order chi connectivity index (χ1) is 11.7. The molecule has 2 aromatic carbocycles. The average Bonchev–Trinajstić information content (AvgIpc) is 3.09. The molecular formula is C20H18N2OS. The number of hydrogen-bond donors (Lipinski definition) is 0. The second-order valence-electron chi connectivity index (χ2n) is 6.16. The van der Waals surface area contributed by atoms with Crippen LogP contribution in [0.1, 0.15) is 34.8 Å². The lowest BCUT2D eigenvalue weighted by Crippen LogP contribution is -2.14. The second kappa shape index (κ2) is 6.36. The zero-order valence-corrected chi connectivity index (χ0v) is 14.3. The Hall–Kier alpha value is -2.20. The number of benzene rings is 2. The minimum atomic E-state index is -0.178. The molecule has 3 aromatic rings. The maximum Gasteiger partial charge on any atom is 0.175 e. The van der Waals surface area contributed by atoms with Crippen molar-refractivity contribution in [2.24, 2.45) is 0 Å². The van der Waals surface area contributed by atoms with Crippen molar-refractivity contribution in [3.63, 3.8) is 0 Å². The lowest BCUT2D eigenvalue weighted by Gasteiger charge is -2.12. The number of hydrogen-bond acceptors (Lipinski definition) is 4. The van der Waals surface area contributed by atoms with Gasteiger partial charge in [0.15, 0.2) is 5.78 Å². The molecule has 24 heavy (non-hydrogen) atoms. The number of carbonyl (C=O) groups excluding carboxylic acids is 1. The van der Waals surface area contributed by atoms with Gasteiger partial charge in [0.25, 0.3) is 0 Å². The standard InChI is InChI=1S/C20H18N2OS/c1-13(19(23)16-10-9-14-5-4-6-15(14)11-16)24-20-17-7-2-3-8-18(17)21-12-22-20/h2-3,7-13H,4-6H2,1H3/t13-/m0/s1. The molecule has 4 rings (SSSR count). The van der Waals surface area contributed by atoms with Crippen LogP contribution < -0.4 is 0 Å². The number of Topliss-reactive ketones (excluding diaryl/α,β-unsaturated/α-hetero) is 1. The molecule has 0 saturated heterocycles. The second-order valence-corrected chi connectivity index (χ2v) is 7.49. The van der Waals surface area contributed by atoms with E-state index in [0.717, 1.165) is 34.3 Å². The zero-order valence-electron chi connectivity index (χ0n) is 13.5. The number of nitrogens with zero attached hydrogens (tertiary/aromatic N) is 2. The number of aromatic nitrogens is 2. The number of thioether (sulfide) groups is 1. The van der Waals surface area contributed by atoms with Crippen molar-refractivity contribution in [3.8, 4) is 0 Å². The molecule has 0 fully saturated rings. The molecule has 0 N–H and O–H groups in total. The van der Waals surface area contributed by atoms with Crippen LogP contribution in [0.5, 0.6) is 0 Å². The maximum atomic E-state index is 12.8. The van der Waals surface area contributed by atoms with E-state index in [0.29, 0.717) is 0 Å². The van der Waals surface area contributed by atoms with E-state index in [1.54, 1.807) is 6.33 Å². The summed E-state index contributed by atoms with van der Waals surface area (Å²) in [6.45, 7) is 1.96. The fourth-order valence-electron chi connectivity index (χ4n) is 3.25. The van der Waals surface area contributed by atoms with Crippen molar-refractivity contribution in [2.75, 3.05) is 0 Å². The van der Waals surface area contributed by atoms with Crippen LogP contribution >= 0.6 is 11.8 Å². The Labute approximate surface area is 145 Å². The highest BCUT2D eigenvalue weighted by Gasteiger charge is 2.20. The maximum absolute atomic E-state index is 12.8. The monoisotopic (exact) mass is 334 g/mol. The van der Waals surface area contributed by atoms with E-state index >= 15 is 0 Å². The smallest absolute Gasteiger partial charge is 0.175 e. The van der Waals surface area contributed by atoms with Crippen LogP contribution in [0.25, 0.3) is 10.9 Å². The van der Waals surface area contributed by atoms with Gasteiger partial charge in [-0.3, -0.25) is 4.79 Å². The minimum Gasteiger partial charge on any atom is -0.293 e. The number of aryl methyl sites for hydroxylation is 2. The first-order valence-corrected chi connectivity index (χ1v) is 9.13. The minimum absolute atomic E-state index is 0.164. The Morgan fingerprint density at radius 2 is 1.92 bits per heavy atom. The van der Waals surface area contributed by atoms with Gasteiger partial charge in [-0.15, -0.1) is 0 Å². The Morgan fingerprint density at radius 1 is 1.08 bits per heavy atom. The van der Waals surface area contributed by atoms with Crippen LogP contribution in [0.15, 0.2) is 53.8 Å². The summed E-state index contributed by atoms with van der Waals surface area (Å²) in [6, 6.07) is 14.1. The normalized spacial score (nSPS) is 14.5. The number of carbonyl (C=O) groups is 1. The molecule has 1 aliphatic carbocycles. The van der Waals surface area contributed by atoms with E-state index in [2.05, 4.69) is 22.1 Å². The fraction of sp³-hybridized carbons (Fsp3) is 0.250. The van der Waals surface area contributed by atoms with Gasteiger partial charge in [0, 0.05) is 10.9 Å². The Morgan fingerprint density at radius 3 is 2.83 bits per heavy atom. The molecule has 1 aromatic heterocycles. The first-order valence-electron chi connectivity index (χ1n) is 8.25. The SMILES string of the molecule is C[C@H](Sc1ncnc2ccccc12)C(=O)c1ccc2c(c1)CCC2. The molecule has 0 amide bonds. The molecule has 1 aliphatic rings. The number of fused-ring (bicyclic) bond motifs is 2. The van der Waals surface area contributed by atoms with Crippen LogP contribution in [0.4, 0.5) is 0 Å². The predicted molar refractivity (Wildman–Crippen MR) is 97.7 cm³/mol. The molecule has 1 atom stereocenters. The molecule has 1 heterocycles. The van der Waals surface area contributed by atoms with Gasteiger partial charge in [-0.25, -0.2) is 9.97 Å². The summed E-state index contributed by atoms with van der Waals surface area (Å²) in [7, 11) is 0. The first kappa shape index (κ1) is 15.3. The van der Waals surface area contributed by atoms with E-state index < -0.39 is 0 Å². The molecular weight excluding hydrogens is 316 g/mol. The van der Waals surface area contributed by atoms with Gasteiger partial charge in [-0.1, -0.05) is 42.1 Å². The topological polar surface area (TPSA) is 42.9 Å². The Bertz CT molecular complexity index is 917. The van der Waals surface area contributed by atoms with Gasteiger partial charge in [-0.05, 0) is 49.4 Å². The zero-order chi connectivity index (χ0) is 16.5. The summed E-state index contributed by atoms with van der Waals surface area (Å²) in [4.78, 5) is 21.5. The highest BCUT2D eigenvalue weighted by molar-refractivity contribution is 8.00. The third-order valence-electron chi connectivity index (χ3n) is 4.55. The van der Waals surface area contributed by atoms with Gasteiger partial charge in [0.2, 0.25) is 0 Å². The van der Waals surface area contributed by atoms with Gasteiger partial charge in [0.1, 0.15) is 11.4 Å². The Kier molecular flexibility index (Phi) is 4.07. The fourth-order valence-corrected chi connectivity index (χ4v) is 4.24. The number of ketones is 1. The van der Waals surface area contributed by atoms with Crippen molar-refractivity contribution < 1.29 is 4.79 Å². The van der Waals surface area contributed by atoms with E-state index in [1.807, 2.05) is 37.3 Å². The lowest BCUT2D eigenvalue weighted by atomic mass is 10.0. The molecule has 0 aliphatic heterocycles. The van der Waals surface area contributed by atoms with Crippen LogP contribution in [-0.2, 0) is 12.8 Å². The highest BCUT2D eigenvalue weighted by atomic mass is 32.2. The molecule has 0 bridgehead atoms. The lowest BCUT2D eigenvalue weighted by molar-refractivity contribution is 0.0994. The van der Waals surface area contributed by atoms with Crippen molar-refractivity contribution in [3.05, 3.63) is 65.5 Å². The highest BCUT2D eigenvalue weighted by Crippen LogP contribution is 2.30. The summed E-state index contributed by atoms with van der Waals surface area (Å²) in [5, 5.41) is 1.68. The van der Waals surface area contributed by atoms with Gasteiger partial charge < -0.3 is 0 Å². The largest absolute Gasteiger partial charge is 0.293 e. The molecule has 0 spiro atoms. The van der Waals surface area contributed by atoms with Crippen molar-refractivity contribution in [1.82, 2.24) is 9.97 Å². The van der Waals surface area contributed by atoms with E-state index in [4.69, 9.17) is 0 Å². The molecule has 3 nitrogen and oxygen atoms in total. The van der Waals surface area contributed by atoms with Gasteiger partial charge in [0.05, 0.1) is 10.8 Å². The van der Waals surface area contributed by atoms with E-state index in [1.165, 1.54) is 29.3 Å². The van der Waals surface area contributed by atoms with Crippen molar-refractivity contribution in [1.29, 1.82) is 0 Å². The summed E-state index contributed by atoms with van der Waals surface area (Å²) in [5.41, 5.74) is 4.46. The third-order valence-corrected chi connectivity index (χ3v) is 5.66. The van der Waals surface area contributed by atoms with Crippen LogP contribution in [0, 0.1) is 0 Å². The molecule has 120 valence electrons. The van der Waals surface area contributed by atoms with E-state index in [-0.39, 0.29) is 11.0 Å². The van der Waals surface area contributed by atoms with Gasteiger partial charge in [-0.2, -0.15) is 0 Å². The Balaban J connectivity index is 1.59. The number of para-hydroxylation sites is 1. The average molecular weight is 334 g/mol. The summed E-state index contributed by atoms with van der Waals surface area (Å²) >= 11 is 1.51. The van der Waals surface area contributed by atoms with Crippen molar-refractivity contribution >= 4 is 28.4 Å². The summed E-state index contributed by atoms with van der Waals surface area (Å²) in [5.74, 6) is 0.164. The van der Waals surface area contributed by atoms with Crippen molar-refractivity contribution in [2.45, 2.75) is 36.5 Å². The third kappa shape index (κ3) is 2.82. The molecule has 4 heteroatoms. The summed E-state index contributed by atoms with van der Waals surface area (Å²) < 4.78 is 0. The molecule has 0 radical (unpaired) electrons. The quantitative estimate of drug-likeness (QED) is 0.401. The van der Waals surface area contributed by atoms with E-state index in [9.17, 15) is 4.79 Å². The molecule has 0 saturated carbocycles. The predicted octanol–water partition coefficient (Wildman–Crippen LogP) is 4.48. The summed E-state index contributed by atoms with van der Waals surface area (Å²) in [6.07, 6.45) is 5.00. The van der Waals surface area contributed by atoms with Gasteiger partial charge >= 0.3 is 0 Å². The van der Waals surface area contributed by atoms with Crippen LogP contribution in [0.2, 0.25) is 0 Å². The van der Waals surface area contributed by atoms with Crippen LogP contribution in [-0.4, -0.2) is 21.0 Å². The van der Waals surface area contributed by atoms with Crippen LogP contribution in [0.3, 0.4) is 0 Å². The number of rotatable bonds is 4. The molecule has 0 unspecified atom stereocenters.